The Morgan fingerprint density at radius 3 is 2.61 bits per heavy atom. The first kappa shape index (κ1) is 22.6. The molecule has 12 heteroatoms. The summed E-state index contributed by atoms with van der Waals surface area (Å²) >= 11 is 6.93. The second kappa shape index (κ2) is 8.76. The summed E-state index contributed by atoms with van der Waals surface area (Å²) in [7, 11) is -2.65. The lowest BCUT2D eigenvalue weighted by atomic mass is 10.2. The van der Waals surface area contributed by atoms with Crippen molar-refractivity contribution in [1.82, 2.24) is 14.6 Å². The highest BCUT2D eigenvalue weighted by Gasteiger charge is 2.34. The third-order valence-electron chi connectivity index (χ3n) is 3.67. The van der Waals surface area contributed by atoms with Crippen molar-refractivity contribution in [3.05, 3.63) is 44.9 Å². The average Bonchev–Trinajstić information content (AvgIpc) is 2.98. The molecule has 1 aromatic heterocycles. The molecule has 0 saturated carbocycles. The Hall–Kier alpha value is -1.69. The zero-order valence-corrected chi connectivity index (χ0v) is 17.3. The first-order valence-electron chi connectivity index (χ1n) is 7.92. The van der Waals surface area contributed by atoms with Crippen molar-refractivity contribution in [2.45, 2.75) is 31.0 Å². The molecule has 2 aromatic rings. The molecule has 0 radical (unpaired) electrons. The molecule has 6 nitrogen and oxygen atoms in total. The third-order valence-corrected chi connectivity index (χ3v) is 6.36. The number of carbonyl (C=O) groups is 1. The Labute approximate surface area is 169 Å². The van der Waals surface area contributed by atoms with Crippen LogP contribution in [0, 0.1) is 6.92 Å². The van der Waals surface area contributed by atoms with Gasteiger partial charge in [0.05, 0.1) is 27.0 Å². The number of aromatic nitrogens is 1. The van der Waals surface area contributed by atoms with E-state index in [1.54, 1.807) is 13.2 Å². The van der Waals surface area contributed by atoms with Crippen LogP contribution < -0.4 is 4.72 Å². The van der Waals surface area contributed by atoms with Gasteiger partial charge in [0.1, 0.15) is 0 Å². The number of sulfonamides is 1. The van der Waals surface area contributed by atoms with E-state index < -0.39 is 31.7 Å². The summed E-state index contributed by atoms with van der Waals surface area (Å²) < 4.78 is 65.2. The number of carbonyl (C=O) groups excluding carboxylic acids is 1. The lowest BCUT2D eigenvalue weighted by Gasteiger charge is -2.16. The Kier molecular flexibility index (Phi) is 7.07. The van der Waals surface area contributed by atoms with Crippen molar-refractivity contribution in [2.24, 2.45) is 0 Å². The van der Waals surface area contributed by atoms with Crippen molar-refractivity contribution in [3.63, 3.8) is 0 Å². The maximum absolute atomic E-state index is 12.9. The molecule has 2 rings (SSSR count). The zero-order valence-electron chi connectivity index (χ0n) is 14.9. The molecule has 0 saturated heterocycles. The van der Waals surface area contributed by atoms with E-state index in [0.717, 1.165) is 22.0 Å². The van der Waals surface area contributed by atoms with Gasteiger partial charge in [-0.2, -0.15) is 13.2 Å². The molecule has 1 amide bonds. The van der Waals surface area contributed by atoms with E-state index in [4.69, 9.17) is 11.6 Å². The molecule has 0 aliphatic heterocycles. The summed E-state index contributed by atoms with van der Waals surface area (Å²) in [5.41, 5.74) is -1.24. The van der Waals surface area contributed by atoms with Crippen molar-refractivity contribution >= 4 is 38.9 Å². The number of alkyl halides is 3. The number of benzene rings is 1. The van der Waals surface area contributed by atoms with Gasteiger partial charge in [0, 0.05) is 31.1 Å². The maximum Gasteiger partial charge on any atom is 0.417 e. The highest BCUT2D eigenvalue weighted by Crippen LogP contribution is 2.35. The number of halogens is 4. The summed E-state index contributed by atoms with van der Waals surface area (Å²) in [4.78, 5) is 17.9. The van der Waals surface area contributed by atoms with Crippen LogP contribution in [-0.4, -0.2) is 37.8 Å². The minimum atomic E-state index is -4.78. The second-order valence-electron chi connectivity index (χ2n) is 5.88. The van der Waals surface area contributed by atoms with Gasteiger partial charge >= 0.3 is 6.18 Å². The van der Waals surface area contributed by atoms with E-state index in [-0.39, 0.29) is 18.9 Å². The zero-order chi connectivity index (χ0) is 21.1. The van der Waals surface area contributed by atoms with Crippen LogP contribution in [0.3, 0.4) is 0 Å². The number of amides is 1. The van der Waals surface area contributed by atoms with Crippen LogP contribution >= 0.6 is 22.9 Å². The molecule has 0 aliphatic carbocycles. The fraction of sp³-hybridized carbons (Fsp3) is 0.375. The minimum Gasteiger partial charge on any atom is -0.341 e. The molecule has 0 fully saturated rings. The number of nitrogens with zero attached hydrogens (tertiary/aromatic N) is 2. The van der Waals surface area contributed by atoms with Crippen molar-refractivity contribution in [1.29, 1.82) is 0 Å². The van der Waals surface area contributed by atoms with Gasteiger partial charge in [-0.05, 0) is 25.1 Å². The predicted octanol–water partition coefficient (Wildman–Crippen LogP) is 3.45. The highest BCUT2D eigenvalue weighted by atomic mass is 35.5. The van der Waals surface area contributed by atoms with Gasteiger partial charge in [-0.3, -0.25) is 4.79 Å². The Morgan fingerprint density at radius 2 is 2.04 bits per heavy atom. The molecule has 28 heavy (non-hydrogen) atoms. The van der Waals surface area contributed by atoms with Crippen LogP contribution in [0.2, 0.25) is 5.02 Å². The normalized spacial score (nSPS) is 12.2. The molecule has 0 spiro atoms. The quantitative estimate of drug-likeness (QED) is 0.693. The van der Waals surface area contributed by atoms with Crippen molar-refractivity contribution in [2.75, 3.05) is 13.6 Å². The van der Waals surface area contributed by atoms with Crippen LogP contribution in [0.15, 0.2) is 29.3 Å². The monoisotopic (exact) mass is 455 g/mol. The number of rotatable bonds is 7. The number of aryl methyl sites for hydroxylation is 1. The SMILES string of the molecule is Cc1ncc(CN(C)C(=O)CCNS(=O)(=O)c2ccc(Cl)c(C(F)(F)F)c2)s1. The fourth-order valence-electron chi connectivity index (χ4n) is 2.26. The topological polar surface area (TPSA) is 79.4 Å². The van der Waals surface area contributed by atoms with Gasteiger partial charge in [-0.1, -0.05) is 11.6 Å². The van der Waals surface area contributed by atoms with Crippen molar-refractivity contribution < 1.29 is 26.4 Å². The van der Waals surface area contributed by atoms with Gasteiger partial charge in [0.25, 0.3) is 0 Å². The Bertz CT molecular complexity index is 962. The number of nitrogens with one attached hydrogen (secondary N) is 1. The lowest BCUT2D eigenvalue weighted by molar-refractivity contribution is -0.137. The van der Waals surface area contributed by atoms with Crippen molar-refractivity contribution in [3.8, 4) is 0 Å². The number of hydrogen-bond acceptors (Lipinski definition) is 5. The van der Waals surface area contributed by atoms with E-state index in [9.17, 15) is 26.4 Å². The van der Waals surface area contributed by atoms with Crippen LogP contribution in [0.1, 0.15) is 21.9 Å². The molecule has 1 heterocycles. The smallest absolute Gasteiger partial charge is 0.341 e. The van der Waals surface area contributed by atoms with Crippen LogP contribution in [0.4, 0.5) is 13.2 Å². The van der Waals surface area contributed by atoms with Crippen LogP contribution in [-0.2, 0) is 27.5 Å². The first-order valence-corrected chi connectivity index (χ1v) is 10.6. The van der Waals surface area contributed by atoms with E-state index >= 15 is 0 Å². The molecule has 0 aliphatic rings. The lowest BCUT2D eigenvalue weighted by Crippen LogP contribution is -2.31. The molecular formula is C16H17ClF3N3O3S2. The summed E-state index contributed by atoms with van der Waals surface area (Å²) in [5, 5.41) is 0.270. The molecule has 0 bridgehead atoms. The van der Waals surface area contributed by atoms with Gasteiger partial charge in [-0.15, -0.1) is 11.3 Å². The Balaban J connectivity index is 1.97. The number of thiazole rings is 1. The van der Waals surface area contributed by atoms with Crippen LogP contribution in [0.5, 0.6) is 0 Å². The largest absolute Gasteiger partial charge is 0.417 e. The molecular weight excluding hydrogens is 439 g/mol. The van der Waals surface area contributed by atoms with E-state index in [0.29, 0.717) is 12.6 Å². The first-order chi connectivity index (χ1) is 12.9. The fourth-order valence-corrected chi connectivity index (χ4v) is 4.39. The Morgan fingerprint density at radius 1 is 1.36 bits per heavy atom. The maximum atomic E-state index is 12.9. The van der Waals surface area contributed by atoms with Crippen LogP contribution in [0.25, 0.3) is 0 Å². The van der Waals surface area contributed by atoms with Gasteiger partial charge in [0.2, 0.25) is 15.9 Å². The molecule has 0 atom stereocenters. The predicted molar refractivity (Wildman–Crippen MR) is 99.6 cm³/mol. The van der Waals surface area contributed by atoms with Gasteiger partial charge in [0.15, 0.2) is 0 Å². The average molecular weight is 456 g/mol. The summed E-state index contributed by atoms with van der Waals surface area (Å²) in [6.45, 7) is 1.92. The summed E-state index contributed by atoms with van der Waals surface area (Å²) in [6, 6.07) is 2.31. The second-order valence-corrected chi connectivity index (χ2v) is 9.38. The van der Waals surface area contributed by atoms with Gasteiger partial charge < -0.3 is 4.90 Å². The summed E-state index contributed by atoms with van der Waals surface area (Å²) in [5.74, 6) is -0.319. The molecule has 154 valence electrons. The summed E-state index contributed by atoms with van der Waals surface area (Å²) in [6.07, 6.45) is -3.27. The molecule has 0 unspecified atom stereocenters. The minimum absolute atomic E-state index is 0.146. The third kappa shape index (κ3) is 5.90. The van der Waals surface area contributed by atoms with E-state index in [1.807, 2.05) is 6.92 Å². The number of hydrogen-bond donors (Lipinski definition) is 1. The van der Waals surface area contributed by atoms with E-state index in [2.05, 4.69) is 9.71 Å². The standard InChI is InChI=1S/C16H17ClF3N3O3S2/c1-10-21-8-11(27-10)9-23(2)15(24)5-6-22-28(25,26)12-3-4-14(17)13(7-12)16(18,19)20/h3-4,7-8,22H,5-6,9H2,1-2H3. The molecule has 1 N–H and O–H groups in total. The van der Waals surface area contributed by atoms with Gasteiger partial charge in [-0.25, -0.2) is 18.1 Å². The molecule has 1 aromatic carbocycles. The van der Waals surface area contributed by atoms with E-state index in [1.165, 1.54) is 16.2 Å². The highest BCUT2D eigenvalue weighted by molar-refractivity contribution is 7.89.